The van der Waals surface area contributed by atoms with E-state index in [-0.39, 0.29) is 0 Å². The maximum Gasteiger partial charge on any atom is 0.0160 e. The highest BCUT2D eigenvalue weighted by Gasteiger charge is 2.13. The Kier molecular flexibility index (Phi) is 3.23. The van der Waals surface area contributed by atoms with Crippen LogP contribution in [0.5, 0.6) is 0 Å². The van der Waals surface area contributed by atoms with Crippen molar-refractivity contribution in [3.63, 3.8) is 0 Å². The molecule has 2 rings (SSSR count). The third-order valence-corrected chi connectivity index (χ3v) is 3.31. The summed E-state index contributed by atoms with van der Waals surface area (Å²) in [5.74, 6) is 0.575. The Morgan fingerprint density at radius 2 is 2.00 bits per heavy atom. The van der Waals surface area contributed by atoms with E-state index in [0.29, 0.717) is 5.92 Å². The van der Waals surface area contributed by atoms with Crippen LogP contribution < -0.4 is 0 Å². The number of benzene rings is 1. The molecule has 14 heavy (non-hydrogen) atoms. The lowest BCUT2D eigenvalue weighted by atomic mass is 9.96. The van der Waals surface area contributed by atoms with Crippen molar-refractivity contribution in [3.8, 4) is 0 Å². The van der Waals surface area contributed by atoms with E-state index in [4.69, 9.17) is 0 Å². The van der Waals surface area contributed by atoms with Gasteiger partial charge in [-0.25, -0.2) is 0 Å². The van der Waals surface area contributed by atoms with Gasteiger partial charge in [-0.15, -0.1) is 0 Å². The van der Waals surface area contributed by atoms with Gasteiger partial charge in [0.15, 0.2) is 0 Å². The van der Waals surface area contributed by atoms with Crippen molar-refractivity contribution < 1.29 is 0 Å². The summed E-state index contributed by atoms with van der Waals surface area (Å²) in [7, 11) is 2.17. The van der Waals surface area contributed by atoms with Crippen molar-refractivity contribution in [1.82, 2.24) is 4.90 Å². The molecule has 0 saturated carbocycles. The number of nitrogens with zero attached hydrogens (tertiary/aromatic N) is 1. The second-order valence-electron chi connectivity index (χ2n) is 3.81. The lowest BCUT2D eigenvalue weighted by molar-refractivity contribution is 0.346. The summed E-state index contributed by atoms with van der Waals surface area (Å²) in [6.45, 7) is 2.22. The van der Waals surface area contributed by atoms with Gasteiger partial charge in [0.05, 0.1) is 0 Å². The predicted molar refractivity (Wildman–Crippen MR) is 68.5 cm³/mol. The Labute approximate surface area is 98.9 Å². The largest absolute Gasteiger partial charge is 0.302 e. The number of halogens is 1. The third kappa shape index (κ3) is 2.36. The van der Waals surface area contributed by atoms with Gasteiger partial charge in [0.2, 0.25) is 0 Å². The molecule has 0 N–H and O–H groups in total. The molecule has 2 heteroatoms. The molecule has 0 amide bonds. The molecule has 1 aromatic rings. The summed E-state index contributed by atoms with van der Waals surface area (Å²) in [5.41, 5.74) is 1.42. The molecule has 0 saturated heterocycles. The van der Waals surface area contributed by atoms with E-state index in [2.05, 4.69) is 71.0 Å². The fourth-order valence-corrected chi connectivity index (χ4v) is 2.16. The highest BCUT2D eigenvalue weighted by Crippen LogP contribution is 2.21. The zero-order valence-corrected chi connectivity index (χ0v) is 10.4. The van der Waals surface area contributed by atoms with E-state index in [1.54, 1.807) is 0 Å². The van der Waals surface area contributed by atoms with Gasteiger partial charge in [-0.05, 0) is 47.3 Å². The van der Waals surface area contributed by atoms with Crippen molar-refractivity contribution in [3.05, 3.63) is 45.6 Å². The molecule has 0 fully saturated rings. The van der Waals surface area contributed by atoms with Crippen LogP contribution in [-0.4, -0.2) is 25.0 Å². The molecular weight excluding hydrogens is 285 g/mol. The van der Waals surface area contributed by atoms with Gasteiger partial charge in [-0.2, -0.15) is 0 Å². The normalized spacial score (nSPS) is 22.6. The predicted octanol–water partition coefficient (Wildman–Crippen LogP) is 2.88. The second kappa shape index (κ2) is 4.45. The minimum Gasteiger partial charge on any atom is -0.302 e. The number of likely N-dealkylation sites (N-methyl/N-ethyl adjacent to an activating group) is 1. The Morgan fingerprint density at radius 1 is 1.29 bits per heavy atom. The summed E-state index contributed by atoms with van der Waals surface area (Å²) in [5, 5.41) is 0. The first kappa shape index (κ1) is 10.2. The summed E-state index contributed by atoms with van der Waals surface area (Å²) >= 11 is 2.34. The van der Waals surface area contributed by atoms with Crippen LogP contribution in [-0.2, 0) is 0 Å². The fourth-order valence-electron chi connectivity index (χ4n) is 1.80. The zero-order valence-electron chi connectivity index (χ0n) is 8.28. The van der Waals surface area contributed by atoms with Crippen LogP contribution in [0.15, 0.2) is 36.4 Å². The summed E-state index contributed by atoms with van der Waals surface area (Å²) in [4.78, 5) is 2.35. The summed E-state index contributed by atoms with van der Waals surface area (Å²) in [6.07, 6.45) is 4.58. The van der Waals surface area contributed by atoms with Crippen LogP contribution in [0.4, 0.5) is 0 Å². The van der Waals surface area contributed by atoms with Crippen LogP contribution in [0.25, 0.3) is 0 Å². The van der Waals surface area contributed by atoms with Gasteiger partial charge in [0.25, 0.3) is 0 Å². The number of hydrogen-bond acceptors (Lipinski definition) is 1. The molecule has 0 aliphatic carbocycles. The molecule has 1 heterocycles. The van der Waals surface area contributed by atoms with Gasteiger partial charge >= 0.3 is 0 Å². The van der Waals surface area contributed by atoms with Gasteiger partial charge in [0.1, 0.15) is 0 Å². The summed E-state index contributed by atoms with van der Waals surface area (Å²) < 4.78 is 1.31. The molecule has 1 nitrogen and oxygen atoms in total. The second-order valence-corrected chi connectivity index (χ2v) is 5.05. The first-order valence-electron chi connectivity index (χ1n) is 4.86. The Morgan fingerprint density at radius 3 is 2.64 bits per heavy atom. The van der Waals surface area contributed by atoms with Crippen molar-refractivity contribution in [2.45, 2.75) is 5.92 Å². The van der Waals surface area contributed by atoms with Crippen LogP contribution >= 0.6 is 22.6 Å². The Balaban J connectivity index is 2.18. The highest BCUT2D eigenvalue weighted by atomic mass is 127. The van der Waals surface area contributed by atoms with Crippen molar-refractivity contribution in [2.24, 2.45) is 0 Å². The van der Waals surface area contributed by atoms with Crippen molar-refractivity contribution in [2.75, 3.05) is 20.1 Å². The van der Waals surface area contributed by atoms with E-state index in [1.165, 1.54) is 9.13 Å². The smallest absolute Gasteiger partial charge is 0.0160 e. The van der Waals surface area contributed by atoms with Crippen molar-refractivity contribution in [1.29, 1.82) is 0 Å². The quantitative estimate of drug-likeness (QED) is 0.569. The molecule has 1 aliphatic rings. The SMILES string of the molecule is CN1CC=CC(c2ccc(I)cc2)C1. The van der Waals surface area contributed by atoms with Crippen LogP contribution in [0.1, 0.15) is 11.5 Å². The first-order valence-corrected chi connectivity index (χ1v) is 5.94. The molecule has 74 valence electrons. The topological polar surface area (TPSA) is 3.24 Å². The van der Waals surface area contributed by atoms with Gasteiger partial charge in [-0.3, -0.25) is 0 Å². The third-order valence-electron chi connectivity index (χ3n) is 2.59. The lowest BCUT2D eigenvalue weighted by Gasteiger charge is -2.25. The van der Waals surface area contributed by atoms with Crippen LogP contribution in [0.2, 0.25) is 0 Å². The Bertz CT molecular complexity index is 329. The monoisotopic (exact) mass is 299 g/mol. The van der Waals surface area contributed by atoms with E-state index in [0.717, 1.165) is 13.1 Å². The molecule has 0 bridgehead atoms. The highest BCUT2D eigenvalue weighted by molar-refractivity contribution is 14.1. The summed E-state index contributed by atoms with van der Waals surface area (Å²) in [6, 6.07) is 8.82. The molecule has 1 aliphatic heterocycles. The van der Waals surface area contributed by atoms with E-state index in [1.807, 2.05) is 0 Å². The average molecular weight is 299 g/mol. The zero-order chi connectivity index (χ0) is 9.97. The van der Waals surface area contributed by atoms with E-state index >= 15 is 0 Å². The number of hydrogen-bond donors (Lipinski definition) is 0. The van der Waals surface area contributed by atoms with Crippen LogP contribution in [0, 0.1) is 3.57 Å². The van der Waals surface area contributed by atoms with Crippen LogP contribution in [0.3, 0.4) is 0 Å². The molecule has 0 aromatic heterocycles. The van der Waals surface area contributed by atoms with E-state index < -0.39 is 0 Å². The number of rotatable bonds is 1. The fraction of sp³-hybridized carbons (Fsp3) is 0.333. The maximum absolute atomic E-state index is 2.35. The molecule has 1 unspecified atom stereocenters. The van der Waals surface area contributed by atoms with E-state index in [9.17, 15) is 0 Å². The molecule has 0 radical (unpaired) electrons. The van der Waals surface area contributed by atoms with Gasteiger partial charge in [-0.1, -0.05) is 24.3 Å². The van der Waals surface area contributed by atoms with Crippen molar-refractivity contribution >= 4 is 22.6 Å². The Hall–Kier alpha value is -0.350. The molecule has 1 atom stereocenters. The van der Waals surface area contributed by atoms with Gasteiger partial charge in [0, 0.05) is 22.6 Å². The minimum atomic E-state index is 0.575. The standard InChI is InChI=1S/C12H14IN/c1-14-8-2-3-11(9-14)10-4-6-12(13)7-5-10/h2-7,11H,8-9H2,1H3. The molecule has 1 aromatic carbocycles. The molecule has 0 spiro atoms. The lowest BCUT2D eigenvalue weighted by Crippen LogP contribution is -2.27. The van der Waals surface area contributed by atoms with Gasteiger partial charge < -0.3 is 4.90 Å². The average Bonchev–Trinajstić information content (AvgIpc) is 2.19. The first-order chi connectivity index (χ1) is 6.75. The molecular formula is C12H14IN. The maximum atomic E-state index is 2.35. The minimum absolute atomic E-state index is 0.575.